The second-order valence-corrected chi connectivity index (χ2v) is 4.15. The van der Waals surface area contributed by atoms with Crippen molar-refractivity contribution in [2.75, 3.05) is 19.8 Å². The van der Waals surface area contributed by atoms with Crippen molar-refractivity contribution in [1.82, 2.24) is 4.98 Å². The Morgan fingerprint density at radius 2 is 2.28 bits per heavy atom. The minimum atomic E-state index is -0.528. The highest BCUT2D eigenvalue weighted by molar-refractivity contribution is 6.33. The van der Waals surface area contributed by atoms with E-state index in [-0.39, 0.29) is 17.3 Å². The lowest BCUT2D eigenvalue weighted by atomic mass is 10.2. The molecule has 0 aliphatic carbocycles. The summed E-state index contributed by atoms with van der Waals surface area (Å²) in [5, 5.41) is 0.240. The normalized spacial score (nSPS) is 16.6. The second kappa shape index (κ2) is 6.13. The predicted octanol–water partition coefficient (Wildman–Crippen LogP) is 2.35. The minimum absolute atomic E-state index is 0.109. The van der Waals surface area contributed by atoms with Crippen molar-refractivity contribution in [2.45, 2.75) is 19.6 Å². The first kappa shape index (κ1) is 13.3. The van der Waals surface area contributed by atoms with Gasteiger partial charge in [0.2, 0.25) is 0 Å². The van der Waals surface area contributed by atoms with Crippen LogP contribution >= 0.6 is 11.6 Å². The van der Waals surface area contributed by atoms with Gasteiger partial charge in [-0.25, -0.2) is 9.78 Å². The lowest BCUT2D eigenvalue weighted by molar-refractivity contribution is -0.183. The average molecular weight is 272 g/mol. The van der Waals surface area contributed by atoms with Crippen molar-refractivity contribution in [3.8, 4) is 0 Å². The van der Waals surface area contributed by atoms with Gasteiger partial charge >= 0.3 is 5.97 Å². The fourth-order valence-corrected chi connectivity index (χ4v) is 1.86. The van der Waals surface area contributed by atoms with E-state index in [1.165, 1.54) is 6.20 Å². The molecule has 1 aliphatic rings. The summed E-state index contributed by atoms with van der Waals surface area (Å²) in [5.74, 6) is -0.528. The van der Waals surface area contributed by atoms with Crippen molar-refractivity contribution in [2.24, 2.45) is 0 Å². The summed E-state index contributed by atoms with van der Waals surface area (Å²) >= 11 is 6.00. The third kappa shape index (κ3) is 2.98. The molecule has 0 aromatic carbocycles. The van der Waals surface area contributed by atoms with Gasteiger partial charge in [-0.2, -0.15) is 0 Å². The van der Waals surface area contributed by atoms with E-state index in [1.807, 2.05) is 0 Å². The molecule has 6 heteroatoms. The fourth-order valence-electron chi connectivity index (χ4n) is 1.61. The van der Waals surface area contributed by atoms with Crippen LogP contribution < -0.4 is 0 Å². The molecule has 0 bridgehead atoms. The molecule has 0 N–H and O–H groups in total. The van der Waals surface area contributed by atoms with Crippen LogP contribution in [0.3, 0.4) is 0 Å². The van der Waals surface area contributed by atoms with Crippen LogP contribution in [-0.2, 0) is 14.2 Å². The molecule has 1 aromatic rings. The van der Waals surface area contributed by atoms with Crippen molar-refractivity contribution < 1.29 is 19.0 Å². The summed E-state index contributed by atoms with van der Waals surface area (Å²) < 4.78 is 15.7. The van der Waals surface area contributed by atoms with Crippen LogP contribution in [0.2, 0.25) is 5.02 Å². The van der Waals surface area contributed by atoms with Crippen molar-refractivity contribution in [1.29, 1.82) is 0 Å². The number of rotatable bonds is 3. The van der Waals surface area contributed by atoms with Crippen LogP contribution in [0.4, 0.5) is 0 Å². The van der Waals surface area contributed by atoms with Gasteiger partial charge in [0.25, 0.3) is 0 Å². The smallest absolute Gasteiger partial charge is 0.358 e. The maximum absolute atomic E-state index is 11.5. The molecule has 98 valence electrons. The number of hydrogen-bond donors (Lipinski definition) is 0. The van der Waals surface area contributed by atoms with Gasteiger partial charge in [0, 0.05) is 11.8 Å². The Bertz CT molecular complexity index is 432. The monoisotopic (exact) mass is 271 g/mol. The van der Waals surface area contributed by atoms with E-state index in [0.29, 0.717) is 18.8 Å². The molecule has 5 nitrogen and oxygen atoms in total. The summed E-state index contributed by atoms with van der Waals surface area (Å²) in [6.07, 6.45) is 1.94. The maximum atomic E-state index is 11.5. The highest BCUT2D eigenvalue weighted by atomic mass is 35.5. The van der Waals surface area contributed by atoms with Gasteiger partial charge in [-0.05, 0) is 19.4 Å². The molecule has 2 heterocycles. The predicted molar refractivity (Wildman–Crippen MR) is 64.5 cm³/mol. The molecule has 1 aliphatic heterocycles. The molecule has 0 saturated carbocycles. The Hall–Kier alpha value is -1.17. The van der Waals surface area contributed by atoms with Gasteiger partial charge in [0.05, 0.1) is 24.8 Å². The zero-order valence-electron chi connectivity index (χ0n) is 10.0. The Labute approximate surface area is 110 Å². The molecule has 2 rings (SSSR count). The van der Waals surface area contributed by atoms with E-state index in [9.17, 15) is 4.79 Å². The minimum Gasteiger partial charge on any atom is -0.461 e. The van der Waals surface area contributed by atoms with E-state index in [0.717, 1.165) is 6.42 Å². The van der Waals surface area contributed by atoms with E-state index >= 15 is 0 Å². The number of aromatic nitrogens is 1. The molecule has 1 aromatic heterocycles. The van der Waals surface area contributed by atoms with Crippen LogP contribution in [0.5, 0.6) is 0 Å². The first-order valence-electron chi connectivity index (χ1n) is 5.78. The average Bonchev–Trinajstić information content (AvgIpc) is 2.40. The SMILES string of the molecule is CCOC(=O)c1ncc(C2OCCCO2)cc1Cl. The number of nitrogens with zero attached hydrogens (tertiary/aromatic N) is 1. The molecule has 1 fully saturated rings. The molecule has 0 spiro atoms. The van der Waals surface area contributed by atoms with Crippen LogP contribution in [-0.4, -0.2) is 30.8 Å². The molecule has 0 unspecified atom stereocenters. The number of ether oxygens (including phenoxy) is 3. The summed E-state index contributed by atoms with van der Waals surface area (Å²) in [6, 6.07) is 1.62. The van der Waals surface area contributed by atoms with E-state index in [1.54, 1.807) is 13.0 Å². The molecular weight excluding hydrogens is 258 g/mol. The Morgan fingerprint density at radius 1 is 1.56 bits per heavy atom. The quantitative estimate of drug-likeness (QED) is 0.790. The summed E-state index contributed by atoms with van der Waals surface area (Å²) in [4.78, 5) is 15.5. The Balaban J connectivity index is 2.16. The van der Waals surface area contributed by atoms with Gasteiger partial charge in [-0.1, -0.05) is 11.6 Å². The first-order chi connectivity index (χ1) is 8.72. The van der Waals surface area contributed by atoms with Gasteiger partial charge in [-0.15, -0.1) is 0 Å². The lowest BCUT2D eigenvalue weighted by Crippen LogP contribution is -2.18. The molecule has 18 heavy (non-hydrogen) atoms. The standard InChI is InChI=1S/C12H14ClNO4/c1-2-16-11(15)10-9(13)6-8(7-14-10)12-17-4-3-5-18-12/h6-7,12H,2-5H2,1H3. The van der Waals surface area contributed by atoms with E-state index in [2.05, 4.69) is 4.98 Å². The molecule has 1 saturated heterocycles. The summed E-state index contributed by atoms with van der Waals surface area (Å²) in [7, 11) is 0. The maximum Gasteiger partial charge on any atom is 0.358 e. The highest BCUT2D eigenvalue weighted by Crippen LogP contribution is 2.26. The number of esters is 1. The van der Waals surface area contributed by atoms with Crippen molar-refractivity contribution in [3.05, 3.63) is 28.5 Å². The van der Waals surface area contributed by atoms with E-state index < -0.39 is 12.3 Å². The lowest BCUT2D eigenvalue weighted by Gasteiger charge is -2.23. The largest absolute Gasteiger partial charge is 0.461 e. The van der Waals surface area contributed by atoms with Crippen molar-refractivity contribution >= 4 is 17.6 Å². The molecule has 0 atom stereocenters. The molecule has 0 radical (unpaired) electrons. The van der Waals surface area contributed by atoms with Gasteiger partial charge in [-0.3, -0.25) is 0 Å². The van der Waals surface area contributed by atoms with Gasteiger partial charge in [0.1, 0.15) is 0 Å². The zero-order chi connectivity index (χ0) is 13.0. The first-order valence-corrected chi connectivity index (χ1v) is 6.16. The van der Waals surface area contributed by atoms with Crippen molar-refractivity contribution in [3.63, 3.8) is 0 Å². The topological polar surface area (TPSA) is 57.7 Å². The zero-order valence-corrected chi connectivity index (χ0v) is 10.8. The van der Waals surface area contributed by atoms with Crippen LogP contribution in [0.25, 0.3) is 0 Å². The summed E-state index contributed by atoms with van der Waals surface area (Å²) in [6.45, 7) is 3.29. The highest BCUT2D eigenvalue weighted by Gasteiger charge is 2.20. The molecular formula is C12H14ClNO4. The van der Waals surface area contributed by atoms with Crippen LogP contribution in [0.15, 0.2) is 12.3 Å². The summed E-state index contributed by atoms with van der Waals surface area (Å²) in [5.41, 5.74) is 0.811. The Morgan fingerprint density at radius 3 is 2.89 bits per heavy atom. The second-order valence-electron chi connectivity index (χ2n) is 3.75. The fraction of sp³-hybridized carbons (Fsp3) is 0.500. The number of carbonyl (C=O) groups is 1. The third-order valence-electron chi connectivity index (χ3n) is 2.43. The third-order valence-corrected chi connectivity index (χ3v) is 2.72. The Kier molecular flexibility index (Phi) is 4.52. The number of carbonyl (C=O) groups excluding carboxylic acids is 1. The van der Waals surface area contributed by atoms with Crippen LogP contribution in [0.1, 0.15) is 35.7 Å². The molecule has 0 amide bonds. The van der Waals surface area contributed by atoms with Gasteiger partial charge in [0.15, 0.2) is 12.0 Å². The number of hydrogen-bond acceptors (Lipinski definition) is 5. The number of pyridine rings is 1. The van der Waals surface area contributed by atoms with Gasteiger partial charge < -0.3 is 14.2 Å². The van der Waals surface area contributed by atoms with Crippen LogP contribution in [0, 0.1) is 0 Å². The van der Waals surface area contributed by atoms with E-state index in [4.69, 9.17) is 25.8 Å². The number of halogens is 1.